The molecule has 0 N–H and O–H groups in total. The van der Waals surface area contributed by atoms with Gasteiger partial charge in [0.05, 0.1) is 5.69 Å². The number of aromatic nitrogens is 2. The Hall–Kier alpha value is -0.210. The van der Waals surface area contributed by atoms with Crippen molar-refractivity contribution in [1.82, 2.24) is 9.78 Å². The van der Waals surface area contributed by atoms with Crippen LogP contribution in [0.2, 0.25) is 0 Å². The first-order valence-corrected chi connectivity index (χ1v) is 4.77. The molecule has 12 heavy (non-hydrogen) atoms. The zero-order chi connectivity index (χ0) is 9.30. The maximum atomic E-state index is 5.80. The summed E-state index contributed by atoms with van der Waals surface area (Å²) in [5.41, 5.74) is 2.93. The standard InChI is InChI=1S/C8H12Cl2N2/c1-4-12-6(3)7(8(9)10)5(2)11-12/h8H,4H2,1-3H3. The van der Waals surface area contributed by atoms with Gasteiger partial charge in [0.2, 0.25) is 0 Å². The van der Waals surface area contributed by atoms with Crippen LogP contribution >= 0.6 is 23.2 Å². The van der Waals surface area contributed by atoms with E-state index in [0.29, 0.717) is 0 Å². The molecule has 0 saturated carbocycles. The molecule has 0 aliphatic rings. The fraction of sp³-hybridized carbons (Fsp3) is 0.625. The third-order valence-electron chi connectivity index (χ3n) is 1.96. The van der Waals surface area contributed by atoms with Gasteiger partial charge < -0.3 is 0 Å². The molecule has 0 fully saturated rings. The summed E-state index contributed by atoms with van der Waals surface area (Å²) in [5.74, 6) is 0. The number of aryl methyl sites for hydroxylation is 2. The minimum atomic E-state index is -0.467. The molecule has 0 aliphatic heterocycles. The molecule has 2 nitrogen and oxygen atoms in total. The molecule has 0 radical (unpaired) electrons. The van der Waals surface area contributed by atoms with Crippen LogP contribution in [-0.2, 0) is 6.54 Å². The highest BCUT2D eigenvalue weighted by atomic mass is 35.5. The van der Waals surface area contributed by atoms with E-state index in [9.17, 15) is 0 Å². The lowest BCUT2D eigenvalue weighted by Gasteiger charge is -2.02. The molecule has 0 unspecified atom stereocenters. The van der Waals surface area contributed by atoms with Crippen LogP contribution in [0.3, 0.4) is 0 Å². The predicted octanol–water partition coefficient (Wildman–Crippen LogP) is 3.00. The number of alkyl halides is 2. The monoisotopic (exact) mass is 206 g/mol. The van der Waals surface area contributed by atoms with E-state index in [4.69, 9.17) is 23.2 Å². The van der Waals surface area contributed by atoms with E-state index in [1.54, 1.807) is 0 Å². The van der Waals surface area contributed by atoms with Crippen molar-refractivity contribution < 1.29 is 0 Å². The summed E-state index contributed by atoms with van der Waals surface area (Å²) in [4.78, 5) is -0.467. The SMILES string of the molecule is CCn1nc(C)c(C(Cl)Cl)c1C. The van der Waals surface area contributed by atoms with E-state index < -0.39 is 4.84 Å². The number of hydrogen-bond acceptors (Lipinski definition) is 1. The second kappa shape index (κ2) is 3.67. The second-order valence-electron chi connectivity index (χ2n) is 2.70. The highest BCUT2D eigenvalue weighted by Crippen LogP contribution is 2.29. The topological polar surface area (TPSA) is 17.8 Å². The molecular weight excluding hydrogens is 195 g/mol. The van der Waals surface area contributed by atoms with Gasteiger partial charge in [-0.3, -0.25) is 4.68 Å². The van der Waals surface area contributed by atoms with Gasteiger partial charge in [-0.25, -0.2) is 0 Å². The van der Waals surface area contributed by atoms with E-state index in [-0.39, 0.29) is 0 Å². The van der Waals surface area contributed by atoms with Gasteiger partial charge in [-0.2, -0.15) is 5.10 Å². The Labute approximate surface area is 82.5 Å². The van der Waals surface area contributed by atoms with E-state index in [1.807, 2.05) is 25.5 Å². The van der Waals surface area contributed by atoms with Gasteiger partial charge >= 0.3 is 0 Å². The minimum absolute atomic E-state index is 0.467. The summed E-state index contributed by atoms with van der Waals surface area (Å²) in [6.45, 7) is 6.80. The average Bonchev–Trinajstić information content (AvgIpc) is 2.25. The van der Waals surface area contributed by atoms with Crippen molar-refractivity contribution in [2.24, 2.45) is 0 Å². The van der Waals surface area contributed by atoms with Crippen molar-refractivity contribution in [2.75, 3.05) is 0 Å². The Morgan fingerprint density at radius 1 is 1.42 bits per heavy atom. The van der Waals surface area contributed by atoms with Crippen LogP contribution in [0.1, 0.15) is 28.7 Å². The first-order chi connectivity index (χ1) is 5.57. The summed E-state index contributed by atoms with van der Waals surface area (Å²) < 4.78 is 1.91. The molecule has 0 bridgehead atoms. The third-order valence-corrected chi connectivity index (χ3v) is 2.39. The molecular formula is C8H12Cl2N2. The summed E-state index contributed by atoms with van der Waals surface area (Å²) in [6.07, 6.45) is 0. The van der Waals surface area contributed by atoms with Crippen molar-refractivity contribution in [3.63, 3.8) is 0 Å². The van der Waals surface area contributed by atoms with Crippen molar-refractivity contribution in [2.45, 2.75) is 32.2 Å². The van der Waals surface area contributed by atoms with Gasteiger partial charge in [-0.05, 0) is 20.8 Å². The first kappa shape index (κ1) is 9.87. The maximum absolute atomic E-state index is 5.80. The number of hydrogen-bond donors (Lipinski definition) is 0. The van der Waals surface area contributed by atoms with Crippen LogP contribution in [0.4, 0.5) is 0 Å². The molecule has 0 atom stereocenters. The zero-order valence-electron chi connectivity index (χ0n) is 7.43. The smallest absolute Gasteiger partial charge is 0.136 e. The quantitative estimate of drug-likeness (QED) is 0.681. The largest absolute Gasteiger partial charge is 0.270 e. The number of halogens is 2. The average molecular weight is 207 g/mol. The van der Waals surface area contributed by atoms with Crippen molar-refractivity contribution >= 4 is 23.2 Å². The Kier molecular flexibility index (Phi) is 3.02. The normalized spacial score (nSPS) is 11.2. The minimum Gasteiger partial charge on any atom is -0.270 e. The Bertz CT molecular complexity index is 279. The molecule has 0 spiro atoms. The van der Waals surface area contributed by atoms with E-state index in [0.717, 1.165) is 23.5 Å². The van der Waals surface area contributed by atoms with Gasteiger partial charge in [0.15, 0.2) is 0 Å². The summed E-state index contributed by atoms with van der Waals surface area (Å²) in [7, 11) is 0. The number of nitrogens with zero attached hydrogens (tertiary/aromatic N) is 2. The summed E-state index contributed by atoms with van der Waals surface area (Å²) in [6, 6.07) is 0. The predicted molar refractivity (Wildman–Crippen MR) is 51.8 cm³/mol. The van der Waals surface area contributed by atoms with Crippen LogP contribution in [-0.4, -0.2) is 9.78 Å². The molecule has 1 rings (SSSR count). The molecule has 0 amide bonds. The highest BCUT2D eigenvalue weighted by molar-refractivity contribution is 6.44. The maximum Gasteiger partial charge on any atom is 0.136 e. The van der Waals surface area contributed by atoms with E-state index in [2.05, 4.69) is 5.10 Å². The highest BCUT2D eigenvalue weighted by Gasteiger charge is 2.15. The lowest BCUT2D eigenvalue weighted by molar-refractivity contribution is 0.634. The fourth-order valence-corrected chi connectivity index (χ4v) is 1.97. The molecule has 1 heterocycles. The van der Waals surface area contributed by atoms with Gasteiger partial charge in [0, 0.05) is 17.8 Å². The van der Waals surface area contributed by atoms with Gasteiger partial charge in [-0.15, -0.1) is 0 Å². The molecule has 68 valence electrons. The van der Waals surface area contributed by atoms with Gasteiger partial charge in [0.1, 0.15) is 4.84 Å². The van der Waals surface area contributed by atoms with E-state index >= 15 is 0 Å². The van der Waals surface area contributed by atoms with Crippen LogP contribution < -0.4 is 0 Å². The summed E-state index contributed by atoms with van der Waals surface area (Å²) >= 11 is 11.6. The molecule has 0 aromatic carbocycles. The van der Waals surface area contributed by atoms with Gasteiger partial charge in [-0.1, -0.05) is 23.2 Å². The fourth-order valence-electron chi connectivity index (χ4n) is 1.33. The first-order valence-electron chi connectivity index (χ1n) is 3.90. The zero-order valence-corrected chi connectivity index (χ0v) is 8.95. The Morgan fingerprint density at radius 3 is 2.25 bits per heavy atom. The van der Waals surface area contributed by atoms with Crippen LogP contribution in [0.25, 0.3) is 0 Å². The molecule has 1 aromatic rings. The third kappa shape index (κ3) is 1.59. The Morgan fingerprint density at radius 2 is 2.00 bits per heavy atom. The molecule has 0 saturated heterocycles. The Balaban J connectivity index is 3.19. The lowest BCUT2D eigenvalue weighted by atomic mass is 10.2. The van der Waals surface area contributed by atoms with E-state index in [1.165, 1.54) is 0 Å². The molecule has 4 heteroatoms. The number of rotatable bonds is 2. The lowest BCUT2D eigenvalue weighted by Crippen LogP contribution is -1.99. The molecule has 0 aliphatic carbocycles. The molecule has 1 aromatic heterocycles. The second-order valence-corrected chi connectivity index (χ2v) is 3.80. The van der Waals surface area contributed by atoms with Crippen LogP contribution in [0.5, 0.6) is 0 Å². The van der Waals surface area contributed by atoms with Crippen molar-refractivity contribution in [1.29, 1.82) is 0 Å². The van der Waals surface area contributed by atoms with Gasteiger partial charge in [0.25, 0.3) is 0 Å². The summed E-state index contributed by atoms with van der Waals surface area (Å²) in [5, 5.41) is 4.30. The van der Waals surface area contributed by atoms with Crippen LogP contribution in [0.15, 0.2) is 0 Å². The van der Waals surface area contributed by atoms with Crippen molar-refractivity contribution in [3.8, 4) is 0 Å². The van der Waals surface area contributed by atoms with Crippen molar-refractivity contribution in [3.05, 3.63) is 17.0 Å². The van der Waals surface area contributed by atoms with Crippen LogP contribution in [0, 0.1) is 13.8 Å².